The Morgan fingerprint density at radius 2 is 1.90 bits per heavy atom. The molecule has 0 aliphatic carbocycles. The lowest BCUT2D eigenvalue weighted by Gasteiger charge is -2.11. The highest BCUT2D eigenvalue weighted by molar-refractivity contribution is 9.10. The van der Waals surface area contributed by atoms with Crippen molar-refractivity contribution in [1.82, 2.24) is 0 Å². The molecule has 0 aromatic heterocycles. The number of ether oxygens (including phenoxy) is 1. The van der Waals surface area contributed by atoms with Gasteiger partial charge >= 0.3 is 0 Å². The SMILES string of the molecule is CC(C)Oc1cccc(C(=O)Nc2ccccc2Br)c1. The van der Waals surface area contributed by atoms with Gasteiger partial charge in [-0.15, -0.1) is 0 Å². The molecule has 0 unspecified atom stereocenters. The summed E-state index contributed by atoms with van der Waals surface area (Å²) in [5, 5.41) is 2.87. The lowest BCUT2D eigenvalue weighted by molar-refractivity contribution is 0.102. The Labute approximate surface area is 127 Å². The number of hydrogen-bond acceptors (Lipinski definition) is 2. The van der Waals surface area contributed by atoms with Crippen molar-refractivity contribution in [3.63, 3.8) is 0 Å². The minimum absolute atomic E-state index is 0.0802. The van der Waals surface area contributed by atoms with E-state index < -0.39 is 0 Å². The molecule has 0 aliphatic rings. The van der Waals surface area contributed by atoms with Gasteiger partial charge in [0, 0.05) is 10.0 Å². The third-order valence-corrected chi connectivity index (χ3v) is 3.28. The first-order valence-corrected chi connectivity index (χ1v) is 7.18. The van der Waals surface area contributed by atoms with Crippen LogP contribution in [-0.4, -0.2) is 12.0 Å². The quantitative estimate of drug-likeness (QED) is 0.895. The summed E-state index contributed by atoms with van der Waals surface area (Å²) in [6.07, 6.45) is 0.0802. The molecule has 2 rings (SSSR count). The minimum atomic E-state index is -0.161. The highest BCUT2D eigenvalue weighted by Crippen LogP contribution is 2.22. The molecule has 0 bridgehead atoms. The number of amides is 1. The summed E-state index contributed by atoms with van der Waals surface area (Å²) in [6.45, 7) is 3.90. The minimum Gasteiger partial charge on any atom is -0.491 e. The van der Waals surface area contributed by atoms with E-state index >= 15 is 0 Å². The van der Waals surface area contributed by atoms with Crippen molar-refractivity contribution in [3.05, 3.63) is 58.6 Å². The van der Waals surface area contributed by atoms with E-state index in [1.807, 2.05) is 50.2 Å². The molecule has 0 radical (unpaired) electrons. The number of para-hydroxylation sites is 1. The van der Waals surface area contributed by atoms with Gasteiger partial charge in [0.25, 0.3) is 5.91 Å². The molecular formula is C16H16BrNO2. The fraction of sp³-hybridized carbons (Fsp3) is 0.188. The molecule has 0 fully saturated rings. The van der Waals surface area contributed by atoms with Crippen LogP contribution in [0, 0.1) is 0 Å². The Balaban J connectivity index is 2.15. The predicted octanol–water partition coefficient (Wildman–Crippen LogP) is 4.49. The molecule has 2 aromatic carbocycles. The van der Waals surface area contributed by atoms with E-state index in [4.69, 9.17) is 4.74 Å². The van der Waals surface area contributed by atoms with Crippen LogP contribution in [0.1, 0.15) is 24.2 Å². The molecule has 0 spiro atoms. The Morgan fingerprint density at radius 1 is 1.15 bits per heavy atom. The largest absolute Gasteiger partial charge is 0.491 e. The van der Waals surface area contributed by atoms with Crippen molar-refractivity contribution >= 4 is 27.5 Å². The molecule has 20 heavy (non-hydrogen) atoms. The fourth-order valence-corrected chi connectivity index (χ4v) is 2.12. The van der Waals surface area contributed by atoms with E-state index in [2.05, 4.69) is 21.2 Å². The maximum Gasteiger partial charge on any atom is 0.255 e. The van der Waals surface area contributed by atoms with Gasteiger partial charge < -0.3 is 10.1 Å². The maximum absolute atomic E-state index is 12.2. The summed E-state index contributed by atoms with van der Waals surface area (Å²) in [7, 11) is 0. The van der Waals surface area contributed by atoms with Gasteiger partial charge in [-0.1, -0.05) is 18.2 Å². The van der Waals surface area contributed by atoms with Gasteiger partial charge in [-0.2, -0.15) is 0 Å². The molecule has 2 aromatic rings. The molecule has 0 saturated carbocycles. The first kappa shape index (κ1) is 14.6. The van der Waals surface area contributed by atoms with Gasteiger partial charge in [0.1, 0.15) is 5.75 Å². The second-order valence-corrected chi connectivity index (χ2v) is 5.48. The van der Waals surface area contributed by atoms with Crippen LogP contribution in [0.2, 0.25) is 0 Å². The van der Waals surface area contributed by atoms with Crippen molar-refractivity contribution in [2.24, 2.45) is 0 Å². The Kier molecular flexibility index (Phi) is 4.79. The summed E-state index contributed by atoms with van der Waals surface area (Å²) in [4.78, 5) is 12.2. The summed E-state index contributed by atoms with van der Waals surface area (Å²) in [5.41, 5.74) is 1.31. The van der Waals surface area contributed by atoms with E-state index in [9.17, 15) is 4.79 Å². The smallest absolute Gasteiger partial charge is 0.255 e. The average molecular weight is 334 g/mol. The van der Waals surface area contributed by atoms with Crippen LogP contribution in [0.15, 0.2) is 53.0 Å². The monoisotopic (exact) mass is 333 g/mol. The molecule has 0 saturated heterocycles. The van der Waals surface area contributed by atoms with Crippen LogP contribution in [0.3, 0.4) is 0 Å². The van der Waals surface area contributed by atoms with Gasteiger partial charge in [0.2, 0.25) is 0 Å². The van der Waals surface area contributed by atoms with Crippen molar-refractivity contribution in [2.45, 2.75) is 20.0 Å². The van der Waals surface area contributed by atoms with Crippen LogP contribution in [-0.2, 0) is 0 Å². The van der Waals surface area contributed by atoms with Gasteiger partial charge in [-0.25, -0.2) is 0 Å². The van der Waals surface area contributed by atoms with E-state index in [0.717, 1.165) is 10.2 Å². The Bertz CT molecular complexity index is 611. The normalized spacial score (nSPS) is 10.4. The molecule has 1 amide bonds. The van der Waals surface area contributed by atoms with Crippen LogP contribution in [0.25, 0.3) is 0 Å². The molecular weight excluding hydrogens is 318 g/mol. The highest BCUT2D eigenvalue weighted by atomic mass is 79.9. The van der Waals surface area contributed by atoms with Gasteiger partial charge in [0.05, 0.1) is 11.8 Å². The van der Waals surface area contributed by atoms with Crippen LogP contribution in [0.4, 0.5) is 5.69 Å². The number of carbonyl (C=O) groups excluding carboxylic acids is 1. The van der Waals surface area contributed by atoms with Gasteiger partial charge in [0.15, 0.2) is 0 Å². The Hall–Kier alpha value is -1.81. The lowest BCUT2D eigenvalue weighted by atomic mass is 10.2. The lowest BCUT2D eigenvalue weighted by Crippen LogP contribution is -2.13. The number of anilines is 1. The van der Waals surface area contributed by atoms with E-state index in [-0.39, 0.29) is 12.0 Å². The summed E-state index contributed by atoms with van der Waals surface area (Å²) < 4.78 is 6.44. The second-order valence-electron chi connectivity index (χ2n) is 4.63. The van der Waals surface area contributed by atoms with Crippen LogP contribution >= 0.6 is 15.9 Å². The highest BCUT2D eigenvalue weighted by Gasteiger charge is 2.09. The zero-order chi connectivity index (χ0) is 14.5. The van der Waals surface area contributed by atoms with E-state index in [1.165, 1.54) is 0 Å². The first-order valence-electron chi connectivity index (χ1n) is 6.39. The summed E-state index contributed by atoms with van der Waals surface area (Å²) in [5.74, 6) is 0.533. The number of hydrogen-bond donors (Lipinski definition) is 1. The maximum atomic E-state index is 12.2. The third kappa shape index (κ3) is 3.84. The molecule has 3 nitrogen and oxygen atoms in total. The van der Waals surface area contributed by atoms with Crippen LogP contribution < -0.4 is 10.1 Å². The van der Waals surface area contributed by atoms with E-state index in [0.29, 0.717) is 11.3 Å². The van der Waals surface area contributed by atoms with E-state index in [1.54, 1.807) is 12.1 Å². The molecule has 1 N–H and O–H groups in total. The third-order valence-electron chi connectivity index (χ3n) is 2.59. The number of rotatable bonds is 4. The molecule has 0 atom stereocenters. The first-order chi connectivity index (χ1) is 9.56. The van der Waals surface area contributed by atoms with Crippen molar-refractivity contribution < 1.29 is 9.53 Å². The predicted molar refractivity (Wildman–Crippen MR) is 84.3 cm³/mol. The molecule has 0 aliphatic heterocycles. The zero-order valence-electron chi connectivity index (χ0n) is 11.4. The zero-order valence-corrected chi connectivity index (χ0v) is 13.0. The van der Waals surface area contributed by atoms with Gasteiger partial charge in [-0.3, -0.25) is 4.79 Å². The fourth-order valence-electron chi connectivity index (χ4n) is 1.74. The Morgan fingerprint density at radius 3 is 2.60 bits per heavy atom. The molecule has 4 heteroatoms. The molecule has 104 valence electrons. The van der Waals surface area contributed by atoms with Crippen molar-refractivity contribution in [1.29, 1.82) is 0 Å². The number of benzene rings is 2. The van der Waals surface area contributed by atoms with Gasteiger partial charge in [-0.05, 0) is 60.1 Å². The number of nitrogens with one attached hydrogen (secondary N) is 1. The van der Waals surface area contributed by atoms with Crippen LogP contribution in [0.5, 0.6) is 5.75 Å². The van der Waals surface area contributed by atoms with Crippen molar-refractivity contribution in [2.75, 3.05) is 5.32 Å². The standard InChI is InChI=1S/C16H16BrNO2/c1-11(2)20-13-7-5-6-12(10-13)16(19)18-15-9-4-3-8-14(15)17/h3-11H,1-2H3,(H,18,19). The summed E-state index contributed by atoms with van der Waals surface area (Å²) >= 11 is 3.41. The average Bonchev–Trinajstić information content (AvgIpc) is 2.41. The number of carbonyl (C=O) groups is 1. The number of halogens is 1. The topological polar surface area (TPSA) is 38.3 Å². The second kappa shape index (κ2) is 6.57. The molecule has 0 heterocycles. The summed E-state index contributed by atoms with van der Waals surface area (Å²) in [6, 6.07) is 14.7. The van der Waals surface area contributed by atoms with Crippen molar-refractivity contribution in [3.8, 4) is 5.75 Å².